The van der Waals surface area contributed by atoms with Gasteiger partial charge in [0.25, 0.3) is 0 Å². The standard InChI is InChI=1S/C15H22O3/c1-10(2)18-14-9-11(3)13(8-12(14)4)6-5-7-15(16)17/h8-10H,5-7H2,1-4H3,(H,16,17). The van der Waals surface area contributed by atoms with E-state index in [1.165, 1.54) is 11.1 Å². The van der Waals surface area contributed by atoms with E-state index in [0.717, 1.165) is 17.7 Å². The number of benzene rings is 1. The number of hydrogen-bond acceptors (Lipinski definition) is 2. The van der Waals surface area contributed by atoms with Crippen molar-refractivity contribution in [3.05, 3.63) is 28.8 Å². The quantitative estimate of drug-likeness (QED) is 0.840. The van der Waals surface area contributed by atoms with E-state index in [0.29, 0.717) is 6.42 Å². The molecule has 18 heavy (non-hydrogen) atoms. The minimum absolute atomic E-state index is 0.168. The fourth-order valence-corrected chi connectivity index (χ4v) is 1.93. The van der Waals surface area contributed by atoms with Gasteiger partial charge in [0.15, 0.2) is 0 Å². The molecule has 3 nitrogen and oxygen atoms in total. The van der Waals surface area contributed by atoms with Crippen LogP contribution in [0.4, 0.5) is 0 Å². The predicted octanol–water partition coefficient (Wildman–Crippen LogP) is 3.50. The zero-order valence-electron chi connectivity index (χ0n) is 11.6. The van der Waals surface area contributed by atoms with E-state index in [4.69, 9.17) is 9.84 Å². The van der Waals surface area contributed by atoms with Crippen LogP contribution in [0.15, 0.2) is 12.1 Å². The van der Waals surface area contributed by atoms with Gasteiger partial charge in [-0.15, -0.1) is 0 Å². The highest BCUT2D eigenvalue weighted by Gasteiger charge is 2.07. The highest BCUT2D eigenvalue weighted by atomic mass is 16.5. The van der Waals surface area contributed by atoms with Crippen molar-refractivity contribution in [1.29, 1.82) is 0 Å². The minimum atomic E-state index is -0.732. The van der Waals surface area contributed by atoms with Crippen LogP contribution in [-0.4, -0.2) is 17.2 Å². The average Bonchev–Trinajstić information content (AvgIpc) is 2.23. The number of hydrogen-bond donors (Lipinski definition) is 1. The van der Waals surface area contributed by atoms with E-state index < -0.39 is 5.97 Å². The van der Waals surface area contributed by atoms with E-state index in [-0.39, 0.29) is 12.5 Å². The summed E-state index contributed by atoms with van der Waals surface area (Å²) in [5.74, 6) is 0.189. The van der Waals surface area contributed by atoms with Crippen LogP contribution in [0.1, 0.15) is 43.4 Å². The molecule has 0 unspecified atom stereocenters. The molecule has 1 N–H and O–H groups in total. The largest absolute Gasteiger partial charge is 0.491 e. The molecule has 0 heterocycles. The summed E-state index contributed by atoms with van der Waals surface area (Å²) >= 11 is 0. The molecule has 0 saturated carbocycles. The average molecular weight is 250 g/mol. The lowest BCUT2D eigenvalue weighted by Crippen LogP contribution is -2.07. The van der Waals surface area contributed by atoms with E-state index in [2.05, 4.69) is 6.07 Å². The van der Waals surface area contributed by atoms with Gasteiger partial charge >= 0.3 is 5.97 Å². The van der Waals surface area contributed by atoms with E-state index in [1.54, 1.807) is 0 Å². The topological polar surface area (TPSA) is 46.5 Å². The molecular weight excluding hydrogens is 228 g/mol. The van der Waals surface area contributed by atoms with Crippen LogP contribution in [0.25, 0.3) is 0 Å². The van der Waals surface area contributed by atoms with Gasteiger partial charge in [0.1, 0.15) is 5.75 Å². The van der Waals surface area contributed by atoms with Crippen molar-refractivity contribution in [3.63, 3.8) is 0 Å². The normalized spacial score (nSPS) is 10.7. The van der Waals surface area contributed by atoms with Crippen molar-refractivity contribution in [2.75, 3.05) is 0 Å². The van der Waals surface area contributed by atoms with Crippen molar-refractivity contribution in [2.45, 2.75) is 53.1 Å². The summed E-state index contributed by atoms with van der Waals surface area (Å²) in [6, 6.07) is 4.15. The number of carbonyl (C=O) groups is 1. The van der Waals surface area contributed by atoms with Gasteiger partial charge < -0.3 is 9.84 Å². The SMILES string of the molecule is Cc1cc(OC(C)C)c(C)cc1CCCC(=O)O. The van der Waals surface area contributed by atoms with Crippen LogP contribution in [0.5, 0.6) is 5.75 Å². The summed E-state index contributed by atoms with van der Waals surface area (Å²) in [7, 11) is 0. The van der Waals surface area contributed by atoms with Crippen molar-refractivity contribution in [2.24, 2.45) is 0 Å². The second-order valence-electron chi connectivity index (χ2n) is 4.96. The molecule has 0 aliphatic rings. The Kier molecular flexibility index (Phi) is 5.20. The Morgan fingerprint density at radius 2 is 1.94 bits per heavy atom. The number of ether oxygens (including phenoxy) is 1. The van der Waals surface area contributed by atoms with Gasteiger partial charge in [0.2, 0.25) is 0 Å². The summed E-state index contributed by atoms with van der Waals surface area (Å²) in [5, 5.41) is 8.64. The third kappa shape index (κ3) is 4.40. The maximum atomic E-state index is 10.5. The first-order valence-corrected chi connectivity index (χ1v) is 6.38. The lowest BCUT2D eigenvalue weighted by atomic mass is 9.99. The minimum Gasteiger partial charge on any atom is -0.491 e. The molecule has 0 amide bonds. The van der Waals surface area contributed by atoms with Gasteiger partial charge in [-0.1, -0.05) is 6.07 Å². The number of carboxylic acid groups (broad SMARTS) is 1. The molecule has 0 fully saturated rings. The summed E-state index contributed by atoms with van der Waals surface area (Å²) in [6.07, 6.45) is 1.88. The van der Waals surface area contributed by atoms with Gasteiger partial charge in [-0.3, -0.25) is 4.79 Å². The summed E-state index contributed by atoms with van der Waals surface area (Å²) in [5.41, 5.74) is 3.49. The van der Waals surface area contributed by atoms with E-state index >= 15 is 0 Å². The first kappa shape index (κ1) is 14.6. The zero-order valence-corrected chi connectivity index (χ0v) is 11.6. The summed E-state index contributed by atoms with van der Waals surface area (Å²) < 4.78 is 5.73. The Hall–Kier alpha value is -1.51. The van der Waals surface area contributed by atoms with Gasteiger partial charge in [-0.05, 0) is 63.3 Å². The first-order chi connectivity index (χ1) is 8.40. The van der Waals surface area contributed by atoms with Gasteiger partial charge in [0, 0.05) is 6.42 Å². The van der Waals surface area contributed by atoms with Gasteiger partial charge in [-0.2, -0.15) is 0 Å². The van der Waals surface area contributed by atoms with Gasteiger partial charge in [-0.25, -0.2) is 0 Å². The van der Waals surface area contributed by atoms with Crippen LogP contribution in [0.3, 0.4) is 0 Å². The van der Waals surface area contributed by atoms with Crippen molar-refractivity contribution < 1.29 is 14.6 Å². The maximum Gasteiger partial charge on any atom is 0.303 e. The second kappa shape index (κ2) is 6.43. The molecule has 0 spiro atoms. The second-order valence-corrected chi connectivity index (χ2v) is 4.96. The number of aliphatic carboxylic acids is 1. The van der Waals surface area contributed by atoms with E-state index in [9.17, 15) is 4.79 Å². The van der Waals surface area contributed by atoms with Crippen LogP contribution >= 0.6 is 0 Å². The lowest BCUT2D eigenvalue weighted by Gasteiger charge is -2.15. The maximum absolute atomic E-state index is 10.5. The molecule has 0 saturated heterocycles. The molecule has 1 rings (SSSR count). The summed E-state index contributed by atoms with van der Waals surface area (Å²) in [6.45, 7) is 8.09. The van der Waals surface area contributed by atoms with Crippen LogP contribution in [0.2, 0.25) is 0 Å². The fourth-order valence-electron chi connectivity index (χ4n) is 1.93. The zero-order chi connectivity index (χ0) is 13.7. The molecule has 1 aromatic carbocycles. The van der Waals surface area contributed by atoms with Crippen LogP contribution in [-0.2, 0) is 11.2 Å². The Labute approximate surface area is 109 Å². The van der Waals surface area contributed by atoms with Crippen LogP contribution in [0, 0.1) is 13.8 Å². The van der Waals surface area contributed by atoms with E-state index in [1.807, 2.05) is 33.8 Å². The molecule has 100 valence electrons. The number of rotatable bonds is 6. The molecule has 0 aliphatic heterocycles. The van der Waals surface area contributed by atoms with Crippen molar-refractivity contribution >= 4 is 5.97 Å². The Morgan fingerprint density at radius 1 is 1.28 bits per heavy atom. The molecule has 0 radical (unpaired) electrons. The third-order valence-corrected chi connectivity index (χ3v) is 2.83. The van der Waals surface area contributed by atoms with Crippen LogP contribution < -0.4 is 4.74 Å². The first-order valence-electron chi connectivity index (χ1n) is 6.38. The molecule has 1 aromatic rings. The predicted molar refractivity (Wildman–Crippen MR) is 72.3 cm³/mol. The van der Waals surface area contributed by atoms with Gasteiger partial charge in [0.05, 0.1) is 6.10 Å². The molecule has 0 atom stereocenters. The summed E-state index contributed by atoms with van der Waals surface area (Å²) in [4.78, 5) is 10.5. The highest BCUT2D eigenvalue weighted by Crippen LogP contribution is 2.24. The molecule has 3 heteroatoms. The number of carboxylic acids is 1. The van der Waals surface area contributed by atoms with Crippen molar-refractivity contribution in [3.8, 4) is 5.75 Å². The lowest BCUT2D eigenvalue weighted by molar-refractivity contribution is -0.137. The molecule has 0 aromatic heterocycles. The van der Waals surface area contributed by atoms with Crippen molar-refractivity contribution in [1.82, 2.24) is 0 Å². The monoisotopic (exact) mass is 250 g/mol. The Morgan fingerprint density at radius 3 is 2.50 bits per heavy atom. The third-order valence-electron chi connectivity index (χ3n) is 2.83. The molecular formula is C15H22O3. The Balaban J connectivity index is 2.76. The Bertz CT molecular complexity index is 422. The number of aryl methyl sites for hydroxylation is 3. The molecule has 0 aliphatic carbocycles. The fraction of sp³-hybridized carbons (Fsp3) is 0.533. The molecule has 0 bridgehead atoms. The smallest absolute Gasteiger partial charge is 0.303 e. The highest BCUT2D eigenvalue weighted by molar-refractivity contribution is 5.66.